The lowest BCUT2D eigenvalue weighted by Crippen LogP contribution is -2.52. The van der Waals surface area contributed by atoms with Crippen molar-refractivity contribution >= 4 is 34.1 Å². The smallest absolute Gasteiger partial charge is 0.169 e. The second-order valence-electron chi connectivity index (χ2n) is 8.09. The summed E-state index contributed by atoms with van der Waals surface area (Å²) in [5.41, 5.74) is 0.852. The summed E-state index contributed by atoms with van der Waals surface area (Å²) in [6.07, 6.45) is 8.39. The fourth-order valence-electron chi connectivity index (χ4n) is 4.48. The van der Waals surface area contributed by atoms with Gasteiger partial charge in [-0.2, -0.15) is 0 Å². The van der Waals surface area contributed by atoms with Crippen LogP contribution >= 0.6 is 12.2 Å². The quantitative estimate of drug-likeness (QED) is 0.727. The number of aromatic nitrogens is 2. The Hall–Kier alpha value is -2.35. The molecule has 0 spiro atoms. The van der Waals surface area contributed by atoms with E-state index in [0.29, 0.717) is 11.5 Å². The number of piperazine rings is 1. The fourth-order valence-corrected chi connectivity index (χ4v) is 4.74. The van der Waals surface area contributed by atoms with Crippen LogP contribution in [0.1, 0.15) is 32.1 Å². The summed E-state index contributed by atoms with van der Waals surface area (Å²) in [5.74, 6) is 3.07. The third kappa shape index (κ3) is 4.53. The van der Waals surface area contributed by atoms with Crippen molar-refractivity contribution in [1.82, 2.24) is 20.2 Å². The van der Waals surface area contributed by atoms with Gasteiger partial charge in [-0.3, -0.25) is 0 Å². The van der Waals surface area contributed by atoms with Gasteiger partial charge in [-0.25, -0.2) is 9.97 Å². The number of anilines is 1. The average Bonchev–Trinajstić information content (AvgIpc) is 2.82. The Bertz CT molecular complexity index is 879. The first kappa shape index (κ1) is 20.9. The molecule has 1 aliphatic carbocycles. The maximum atomic E-state index is 5.68. The first-order chi connectivity index (χ1) is 14.7. The minimum Gasteiger partial charge on any atom is -0.493 e. The highest BCUT2D eigenvalue weighted by atomic mass is 32.1. The largest absolute Gasteiger partial charge is 0.493 e. The van der Waals surface area contributed by atoms with Crippen LogP contribution in [-0.2, 0) is 0 Å². The van der Waals surface area contributed by atoms with Gasteiger partial charge in [0.1, 0.15) is 12.1 Å². The number of hydrogen-bond acceptors (Lipinski definition) is 6. The third-order valence-corrected chi connectivity index (χ3v) is 6.66. The molecular weight excluding hydrogens is 398 g/mol. The summed E-state index contributed by atoms with van der Waals surface area (Å²) in [6, 6.07) is 3.87. The standard InChI is InChI=1S/C22H31N5O2S/c1-28-19-12-17-18(13-20(19)29-2)24-15-25-21(17)26-8-10-27(11-9-26)22(30)23-14-16-6-4-3-5-7-16/h12-13,15-16H,3-11,14H2,1-2H3,(H,23,30). The fraction of sp³-hybridized carbons (Fsp3) is 0.591. The van der Waals surface area contributed by atoms with Crippen LogP contribution < -0.4 is 19.7 Å². The molecule has 1 saturated carbocycles. The molecule has 1 aromatic carbocycles. The maximum Gasteiger partial charge on any atom is 0.169 e. The van der Waals surface area contributed by atoms with Gasteiger partial charge in [0.05, 0.1) is 19.7 Å². The van der Waals surface area contributed by atoms with Gasteiger partial charge in [-0.1, -0.05) is 19.3 Å². The molecule has 8 heteroatoms. The molecule has 7 nitrogen and oxygen atoms in total. The van der Waals surface area contributed by atoms with Gasteiger partial charge in [0, 0.05) is 44.2 Å². The Balaban J connectivity index is 1.40. The van der Waals surface area contributed by atoms with Gasteiger partial charge < -0.3 is 24.6 Å². The SMILES string of the molecule is COc1cc2ncnc(N3CCN(C(=S)NCC4CCCCC4)CC3)c2cc1OC. The molecule has 162 valence electrons. The predicted molar refractivity (Wildman–Crippen MR) is 124 cm³/mol. The molecule has 4 rings (SSSR count). The highest BCUT2D eigenvalue weighted by Crippen LogP contribution is 2.34. The summed E-state index contributed by atoms with van der Waals surface area (Å²) in [5, 5.41) is 5.38. The molecule has 1 N–H and O–H groups in total. The molecule has 30 heavy (non-hydrogen) atoms. The van der Waals surface area contributed by atoms with Gasteiger partial charge in [-0.05, 0) is 37.0 Å². The van der Waals surface area contributed by atoms with Crippen molar-refractivity contribution in [1.29, 1.82) is 0 Å². The Kier molecular flexibility index (Phi) is 6.72. The number of hydrogen-bond donors (Lipinski definition) is 1. The van der Waals surface area contributed by atoms with E-state index < -0.39 is 0 Å². The highest BCUT2D eigenvalue weighted by molar-refractivity contribution is 7.80. The lowest BCUT2D eigenvalue weighted by molar-refractivity contribution is 0.341. The summed E-state index contributed by atoms with van der Waals surface area (Å²) in [7, 11) is 3.28. The van der Waals surface area contributed by atoms with Crippen LogP contribution in [0.4, 0.5) is 5.82 Å². The zero-order valence-electron chi connectivity index (χ0n) is 17.9. The number of rotatable bonds is 5. The second-order valence-corrected chi connectivity index (χ2v) is 8.47. The molecule has 0 unspecified atom stereocenters. The van der Waals surface area contributed by atoms with Crippen LogP contribution in [0.5, 0.6) is 11.5 Å². The molecule has 0 radical (unpaired) electrons. The van der Waals surface area contributed by atoms with Crippen molar-refractivity contribution in [3.8, 4) is 11.5 Å². The van der Waals surface area contributed by atoms with Crippen LogP contribution in [0.2, 0.25) is 0 Å². The number of fused-ring (bicyclic) bond motifs is 1. The van der Waals surface area contributed by atoms with Crippen LogP contribution in [0.15, 0.2) is 18.5 Å². The van der Waals surface area contributed by atoms with Gasteiger partial charge in [0.25, 0.3) is 0 Å². The summed E-state index contributed by atoms with van der Waals surface area (Å²) in [6.45, 7) is 4.51. The summed E-state index contributed by atoms with van der Waals surface area (Å²) >= 11 is 5.68. The predicted octanol–water partition coefficient (Wildman–Crippen LogP) is 3.22. The molecular formula is C22H31N5O2S. The number of ether oxygens (including phenoxy) is 2. The Morgan fingerprint density at radius 2 is 1.73 bits per heavy atom. The lowest BCUT2D eigenvalue weighted by atomic mass is 9.89. The van der Waals surface area contributed by atoms with Gasteiger partial charge in [0.15, 0.2) is 16.6 Å². The molecule has 0 bridgehead atoms. The van der Waals surface area contributed by atoms with E-state index in [0.717, 1.165) is 60.5 Å². The Morgan fingerprint density at radius 3 is 2.43 bits per heavy atom. The van der Waals surface area contributed by atoms with Crippen molar-refractivity contribution in [2.24, 2.45) is 5.92 Å². The molecule has 1 aliphatic heterocycles. The lowest BCUT2D eigenvalue weighted by Gasteiger charge is -2.37. The molecule has 2 aliphatic rings. The van der Waals surface area contributed by atoms with Crippen molar-refractivity contribution in [2.75, 3.05) is 51.8 Å². The number of nitrogens with one attached hydrogen (secondary N) is 1. The maximum absolute atomic E-state index is 5.68. The van der Waals surface area contributed by atoms with E-state index in [1.54, 1.807) is 20.5 Å². The minimum absolute atomic E-state index is 0.675. The summed E-state index contributed by atoms with van der Waals surface area (Å²) in [4.78, 5) is 13.6. The topological polar surface area (TPSA) is 62.8 Å². The van der Waals surface area contributed by atoms with Gasteiger partial charge >= 0.3 is 0 Å². The molecule has 2 heterocycles. The molecule has 0 amide bonds. The zero-order chi connectivity index (χ0) is 20.9. The number of methoxy groups -OCH3 is 2. The summed E-state index contributed by atoms with van der Waals surface area (Å²) < 4.78 is 10.9. The van der Waals surface area contributed by atoms with Crippen molar-refractivity contribution in [3.63, 3.8) is 0 Å². The Labute approximate surface area is 183 Å². The van der Waals surface area contributed by atoms with Crippen LogP contribution in [0.25, 0.3) is 10.9 Å². The third-order valence-electron chi connectivity index (χ3n) is 6.25. The number of benzene rings is 1. The van der Waals surface area contributed by atoms with Crippen LogP contribution in [0.3, 0.4) is 0 Å². The Morgan fingerprint density at radius 1 is 1.03 bits per heavy atom. The van der Waals surface area contributed by atoms with E-state index in [1.165, 1.54) is 32.1 Å². The molecule has 2 aromatic rings. The average molecular weight is 430 g/mol. The first-order valence-electron chi connectivity index (χ1n) is 10.8. The zero-order valence-corrected chi connectivity index (χ0v) is 18.7. The van der Waals surface area contributed by atoms with E-state index in [2.05, 4.69) is 25.1 Å². The van der Waals surface area contributed by atoms with Crippen molar-refractivity contribution in [3.05, 3.63) is 18.5 Å². The van der Waals surface area contributed by atoms with E-state index >= 15 is 0 Å². The first-order valence-corrected chi connectivity index (χ1v) is 11.2. The van der Waals surface area contributed by atoms with E-state index in [1.807, 2.05) is 12.1 Å². The number of nitrogens with zero attached hydrogens (tertiary/aromatic N) is 4. The van der Waals surface area contributed by atoms with Gasteiger partial charge in [-0.15, -0.1) is 0 Å². The van der Waals surface area contributed by atoms with E-state index in [-0.39, 0.29) is 0 Å². The van der Waals surface area contributed by atoms with Crippen molar-refractivity contribution in [2.45, 2.75) is 32.1 Å². The minimum atomic E-state index is 0.675. The monoisotopic (exact) mass is 429 g/mol. The molecule has 1 aromatic heterocycles. The number of thiocarbonyl (C=S) groups is 1. The van der Waals surface area contributed by atoms with Gasteiger partial charge in [0.2, 0.25) is 0 Å². The molecule has 0 atom stereocenters. The molecule has 1 saturated heterocycles. The van der Waals surface area contributed by atoms with Crippen LogP contribution in [-0.4, -0.2) is 66.9 Å². The van der Waals surface area contributed by atoms with Crippen molar-refractivity contribution < 1.29 is 9.47 Å². The van der Waals surface area contributed by atoms with E-state index in [9.17, 15) is 0 Å². The normalized spacial score (nSPS) is 17.8. The van der Waals surface area contributed by atoms with Crippen LogP contribution in [0, 0.1) is 5.92 Å². The van der Waals surface area contributed by atoms with E-state index in [4.69, 9.17) is 21.7 Å². The highest BCUT2D eigenvalue weighted by Gasteiger charge is 2.23. The molecule has 2 fully saturated rings. The second kappa shape index (κ2) is 9.64.